The van der Waals surface area contributed by atoms with Crippen LogP contribution in [-0.2, 0) is 0 Å². The smallest absolute Gasteiger partial charge is 0.0552 e. The van der Waals surface area contributed by atoms with Gasteiger partial charge in [-0.3, -0.25) is 0 Å². The zero-order chi connectivity index (χ0) is 20.1. The molecule has 1 nitrogen and oxygen atoms in total. The van der Waals surface area contributed by atoms with Gasteiger partial charge >= 0.3 is 0 Å². The average Bonchev–Trinajstić information content (AvgIpc) is 3.13. The molecular weight excluding hydrogens is 430 g/mol. The number of benzene rings is 5. The first-order valence-corrected chi connectivity index (χ1v) is 10.9. The number of aromatic nitrogens is 1. The van der Waals surface area contributed by atoms with Gasteiger partial charge in [0.2, 0.25) is 0 Å². The van der Waals surface area contributed by atoms with E-state index in [9.17, 15) is 0 Å². The molecule has 0 atom stereocenters. The van der Waals surface area contributed by atoms with E-state index in [-0.39, 0.29) is 0 Å². The Labute approximate surface area is 183 Å². The number of nitrogens with zero attached hydrogens (tertiary/aromatic N) is 1. The van der Waals surface area contributed by atoms with Crippen LogP contribution in [0, 0.1) is 0 Å². The van der Waals surface area contributed by atoms with Crippen molar-refractivity contribution in [3.05, 3.63) is 114 Å². The van der Waals surface area contributed by atoms with Crippen molar-refractivity contribution in [3.8, 4) is 16.8 Å². The standard InChI is InChI=1S/C28H18BrN/c29-22-13-16-25-27(18-22)30(26-17-12-21-8-4-5-9-24(21)28(25)26)23-14-10-20(11-15-23)19-6-2-1-3-7-19/h1-18H. The van der Waals surface area contributed by atoms with Crippen molar-refractivity contribution in [2.45, 2.75) is 0 Å². The molecule has 0 aliphatic carbocycles. The second-order valence-electron chi connectivity index (χ2n) is 7.59. The molecule has 30 heavy (non-hydrogen) atoms. The van der Waals surface area contributed by atoms with Crippen LogP contribution in [0.3, 0.4) is 0 Å². The van der Waals surface area contributed by atoms with Crippen LogP contribution in [0.5, 0.6) is 0 Å². The van der Waals surface area contributed by atoms with Gasteiger partial charge in [0.1, 0.15) is 0 Å². The molecule has 0 unspecified atom stereocenters. The van der Waals surface area contributed by atoms with Gasteiger partial charge in [-0.2, -0.15) is 0 Å². The molecule has 0 saturated carbocycles. The summed E-state index contributed by atoms with van der Waals surface area (Å²) in [6, 6.07) is 39.1. The average molecular weight is 448 g/mol. The van der Waals surface area contributed by atoms with Crippen molar-refractivity contribution in [1.82, 2.24) is 4.57 Å². The first-order chi connectivity index (χ1) is 14.8. The number of halogens is 1. The van der Waals surface area contributed by atoms with Gasteiger partial charge in [-0.15, -0.1) is 0 Å². The normalized spacial score (nSPS) is 11.5. The Morgan fingerprint density at radius 1 is 0.533 bits per heavy atom. The van der Waals surface area contributed by atoms with Crippen LogP contribution in [-0.4, -0.2) is 4.57 Å². The number of rotatable bonds is 2. The highest BCUT2D eigenvalue weighted by Gasteiger charge is 2.15. The van der Waals surface area contributed by atoms with E-state index in [0.29, 0.717) is 0 Å². The summed E-state index contributed by atoms with van der Waals surface area (Å²) < 4.78 is 3.46. The monoisotopic (exact) mass is 447 g/mol. The molecule has 1 heterocycles. The summed E-state index contributed by atoms with van der Waals surface area (Å²) in [5.41, 5.74) is 6.08. The first-order valence-electron chi connectivity index (χ1n) is 10.1. The minimum Gasteiger partial charge on any atom is -0.309 e. The summed E-state index contributed by atoms with van der Waals surface area (Å²) in [5.74, 6) is 0. The third-order valence-corrected chi connectivity index (χ3v) is 6.34. The molecule has 0 aliphatic heterocycles. The van der Waals surface area contributed by atoms with Crippen LogP contribution < -0.4 is 0 Å². The quantitative estimate of drug-likeness (QED) is 0.251. The van der Waals surface area contributed by atoms with Crippen LogP contribution in [0.4, 0.5) is 0 Å². The van der Waals surface area contributed by atoms with Crippen LogP contribution in [0.15, 0.2) is 114 Å². The molecule has 0 spiro atoms. The molecule has 0 N–H and O–H groups in total. The molecular formula is C28H18BrN. The number of hydrogen-bond donors (Lipinski definition) is 0. The topological polar surface area (TPSA) is 4.93 Å². The summed E-state index contributed by atoms with van der Waals surface area (Å²) in [4.78, 5) is 0. The second kappa shape index (κ2) is 6.86. The Morgan fingerprint density at radius 2 is 1.27 bits per heavy atom. The largest absolute Gasteiger partial charge is 0.309 e. The van der Waals surface area contributed by atoms with E-state index in [0.717, 1.165) is 4.47 Å². The van der Waals surface area contributed by atoms with E-state index in [1.165, 1.54) is 49.4 Å². The van der Waals surface area contributed by atoms with E-state index in [1.807, 2.05) is 0 Å². The Bertz CT molecular complexity index is 1530. The molecule has 0 radical (unpaired) electrons. The molecule has 0 amide bonds. The predicted octanol–water partition coefficient (Wildman–Crippen LogP) is 8.37. The second-order valence-corrected chi connectivity index (χ2v) is 8.51. The lowest BCUT2D eigenvalue weighted by Crippen LogP contribution is -1.93. The fourth-order valence-electron chi connectivity index (χ4n) is 4.47. The third-order valence-electron chi connectivity index (χ3n) is 5.85. The first kappa shape index (κ1) is 17.5. The summed E-state index contributed by atoms with van der Waals surface area (Å²) >= 11 is 3.68. The van der Waals surface area contributed by atoms with E-state index in [2.05, 4.69) is 130 Å². The molecule has 2 heteroatoms. The van der Waals surface area contributed by atoms with Crippen molar-refractivity contribution in [3.63, 3.8) is 0 Å². The highest BCUT2D eigenvalue weighted by atomic mass is 79.9. The van der Waals surface area contributed by atoms with Gasteiger partial charge in [0.25, 0.3) is 0 Å². The fourth-order valence-corrected chi connectivity index (χ4v) is 4.82. The van der Waals surface area contributed by atoms with E-state index in [1.54, 1.807) is 0 Å². The van der Waals surface area contributed by atoms with Gasteiger partial charge in [-0.05, 0) is 52.2 Å². The lowest BCUT2D eigenvalue weighted by Gasteiger charge is -2.10. The van der Waals surface area contributed by atoms with Gasteiger partial charge < -0.3 is 4.57 Å². The maximum atomic E-state index is 3.68. The molecule has 0 aliphatic rings. The SMILES string of the molecule is Brc1ccc2c3c4ccccc4ccc3n(-c3ccc(-c4ccccc4)cc3)c2c1. The maximum absolute atomic E-state index is 3.68. The van der Waals surface area contributed by atoms with E-state index in [4.69, 9.17) is 0 Å². The Balaban J connectivity index is 1.66. The minimum absolute atomic E-state index is 1.09. The summed E-state index contributed by atoms with van der Waals surface area (Å²) in [7, 11) is 0. The molecule has 5 aromatic carbocycles. The van der Waals surface area contributed by atoms with Gasteiger partial charge in [0.05, 0.1) is 11.0 Å². The highest BCUT2D eigenvalue weighted by molar-refractivity contribution is 9.10. The van der Waals surface area contributed by atoms with Crippen LogP contribution >= 0.6 is 15.9 Å². The van der Waals surface area contributed by atoms with Crippen molar-refractivity contribution < 1.29 is 0 Å². The van der Waals surface area contributed by atoms with Crippen LogP contribution in [0.1, 0.15) is 0 Å². The van der Waals surface area contributed by atoms with Crippen LogP contribution in [0.2, 0.25) is 0 Å². The van der Waals surface area contributed by atoms with E-state index < -0.39 is 0 Å². The fraction of sp³-hybridized carbons (Fsp3) is 0. The van der Waals surface area contributed by atoms with Crippen molar-refractivity contribution >= 4 is 48.5 Å². The maximum Gasteiger partial charge on any atom is 0.0552 e. The van der Waals surface area contributed by atoms with Gasteiger partial charge in [0, 0.05) is 20.9 Å². The zero-order valence-electron chi connectivity index (χ0n) is 16.2. The lowest BCUT2D eigenvalue weighted by molar-refractivity contribution is 1.18. The zero-order valence-corrected chi connectivity index (χ0v) is 17.8. The lowest BCUT2D eigenvalue weighted by atomic mass is 10.0. The van der Waals surface area contributed by atoms with Crippen molar-refractivity contribution in [1.29, 1.82) is 0 Å². The minimum atomic E-state index is 1.09. The summed E-state index contributed by atoms with van der Waals surface area (Å²) in [5, 5.41) is 5.15. The number of hydrogen-bond acceptors (Lipinski definition) is 0. The predicted molar refractivity (Wildman–Crippen MR) is 131 cm³/mol. The van der Waals surface area contributed by atoms with Crippen molar-refractivity contribution in [2.75, 3.05) is 0 Å². The van der Waals surface area contributed by atoms with Gasteiger partial charge in [-0.25, -0.2) is 0 Å². The number of fused-ring (bicyclic) bond motifs is 5. The van der Waals surface area contributed by atoms with Gasteiger partial charge in [0.15, 0.2) is 0 Å². The molecule has 0 fully saturated rings. The molecule has 1 aromatic heterocycles. The molecule has 0 bridgehead atoms. The van der Waals surface area contributed by atoms with Gasteiger partial charge in [-0.1, -0.05) is 94.8 Å². The molecule has 6 aromatic rings. The molecule has 6 rings (SSSR count). The Morgan fingerprint density at radius 3 is 2.10 bits per heavy atom. The van der Waals surface area contributed by atoms with E-state index >= 15 is 0 Å². The van der Waals surface area contributed by atoms with Crippen molar-refractivity contribution in [2.24, 2.45) is 0 Å². The Kier molecular flexibility index (Phi) is 4.00. The molecule has 0 saturated heterocycles. The Hall–Kier alpha value is -3.36. The van der Waals surface area contributed by atoms with Crippen LogP contribution in [0.25, 0.3) is 49.4 Å². The molecule has 142 valence electrons. The third kappa shape index (κ3) is 2.68. The summed E-state index contributed by atoms with van der Waals surface area (Å²) in [6.45, 7) is 0. The summed E-state index contributed by atoms with van der Waals surface area (Å²) in [6.07, 6.45) is 0. The highest BCUT2D eigenvalue weighted by Crippen LogP contribution is 2.38.